The largest absolute Gasteiger partial charge is 0.387 e. The maximum atomic E-state index is 12.8. The third kappa shape index (κ3) is 3.62. The summed E-state index contributed by atoms with van der Waals surface area (Å²) >= 11 is 0. The average Bonchev–Trinajstić information content (AvgIpc) is 2.55. The minimum Gasteiger partial charge on any atom is -0.387 e. The molecular formula is C12H20F2O9. The summed E-state index contributed by atoms with van der Waals surface area (Å²) in [4.78, 5) is 0. The Labute approximate surface area is 129 Å². The summed E-state index contributed by atoms with van der Waals surface area (Å²) in [6.07, 6.45) is -17.0. The van der Waals surface area contributed by atoms with E-state index in [0.29, 0.717) is 0 Å². The highest BCUT2D eigenvalue weighted by molar-refractivity contribution is 4.92. The second-order valence-corrected chi connectivity index (χ2v) is 5.47. The predicted molar refractivity (Wildman–Crippen MR) is 66.4 cm³/mol. The van der Waals surface area contributed by atoms with Crippen molar-refractivity contribution < 1.29 is 53.6 Å². The van der Waals surface area contributed by atoms with Gasteiger partial charge in [-0.25, -0.2) is 8.78 Å². The summed E-state index contributed by atoms with van der Waals surface area (Å²) in [7, 11) is 0. The summed E-state index contributed by atoms with van der Waals surface area (Å²) in [5.41, 5.74) is 0. The molecule has 11 heteroatoms. The van der Waals surface area contributed by atoms with Gasteiger partial charge in [0, 0.05) is 0 Å². The Hall–Kier alpha value is -0.500. The first-order valence-corrected chi connectivity index (χ1v) is 6.98. The van der Waals surface area contributed by atoms with E-state index in [2.05, 4.69) is 0 Å². The van der Waals surface area contributed by atoms with Crippen molar-refractivity contribution in [3.8, 4) is 0 Å². The maximum Gasteiger partial charge on any atom is 0.189 e. The predicted octanol–water partition coefficient (Wildman–Crippen LogP) is -3.44. The van der Waals surface area contributed by atoms with E-state index < -0.39 is 74.8 Å². The van der Waals surface area contributed by atoms with Crippen LogP contribution in [0.3, 0.4) is 0 Å². The van der Waals surface area contributed by atoms with Gasteiger partial charge < -0.3 is 44.8 Å². The van der Waals surface area contributed by atoms with Gasteiger partial charge in [0.2, 0.25) is 0 Å². The number of hydrogen-bond donors (Lipinski definition) is 6. The minimum atomic E-state index is -1.81. The summed E-state index contributed by atoms with van der Waals surface area (Å²) in [6.45, 7) is -2.37. The number of halogens is 2. The smallest absolute Gasteiger partial charge is 0.189 e. The Balaban J connectivity index is 2.07. The molecule has 0 amide bonds. The molecule has 2 aliphatic rings. The molecule has 2 aliphatic heterocycles. The van der Waals surface area contributed by atoms with Crippen molar-refractivity contribution in [2.24, 2.45) is 0 Å². The van der Waals surface area contributed by atoms with Crippen LogP contribution in [0.2, 0.25) is 0 Å². The summed E-state index contributed by atoms with van der Waals surface area (Å²) in [5, 5.41) is 57.8. The van der Waals surface area contributed by atoms with Crippen molar-refractivity contribution in [1.29, 1.82) is 0 Å². The Morgan fingerprint density at radius 3 is 1.26 bits per heavy atom. The van der Waals surface area contributed by atoms with Crippen molar-refractivity contribution in [1.82, 2.24) is 0 Å². The van der Waals surface area contributed by atoms with Gasteiger partial charge in [-0.2, -0.15) is 0 Å². The van der Waals surface area contributed by atoms with E-state index in [1.165, 1.54) is 0 Å². The van der Waals surface area contributed by atoms with Gasteiger partial charge in [-0.05, 0) is 0 Å². The molecule has 0 radical (unpaired) electrons. The van der Waals surface area contributed by atoms with Gasteiger partial charge in [0.15, 0.2) is 12.6 Å². The molecule has 2 saturated heterocycles. The molecule has 0 aromatic rings. The van der Waals surface area contributed by atoms with Gasteiger partial charge in [0.05, 0.1) is 0 Å². The zero-order valence-electron chi connectivity index (χ0n) is 11.9. The number of aliphatic hydroxyl groups excluding tert-OH is 6. The summed E-state index contributed by atoms with van der Waals surface area (Å²) in [6, 6.07) is 0. The molecule has 0 aromatic heterocycles. The van der Waals surface area contributed by atoms with Crippen LogP contribution in [0.1, 0.15) is 0 Å². The molecular weight excluding hydrogens is 326 g/mol. The van der Waals surface area contributed by atoms with Crippen molar-refractivity contribution in [3.63, 3.8) is 0 Å². The van der Waals surface area contributed by atoms with Crippen molar-refractivity contribution in [2.75, 3.05) is 13.3 Å². The lowest BCUT2D eigenvalue weighted by molar-refractivity contribution is -0.374. The quantitative estimate of drug-likeness (QED) is 0.306. The molecule has 23 heavy (non-hydrogen) atoms. The van der Waals surface area contributed by atoms with E-state index in [1.807, 2.05) is 0 Å². The topological polar surface area (TPSA) is 149 Å². The van der Waals surface area contributed by atoms with E-state index in [9.17, 15) is 39.4 Å². The molecule has 6 N–H and O–H groups in total. The monoisotopic (exact) mass is 346 g/mol. The van der Waals surface area contributed by atoms with E-state index >= 15 is 0 Å². The molecule has 2 rings (SSSR count). The van der Waals surface area contributed by atoms with Gasteiger partial charge >= 0.3 is 0 Å². The highest BCUT2D eigenvalue weighted by atomic mass is 19.1. The van der Waals surface area contributed by atoms with E-state index in [0.717, 1.165) is 0 Å². The van der Waals surface area contributed by atoms with Crippen LogP contribution in [-0.2, 0) is 14.2 Å². The normalized spacial score (nSPS) is 51.7. The van der Waals surface area contributed by atoms with E-state index in [-0.39, 0.29) is 0 Å². The first kappa shape index (κ1) is 18.8. The molecule has 0 aromatic carbocycles. The molecule has 136 valence electrons. The molecule has 0 aliphatic carbocycles. The maximum absolute atomic E-state index is 12.8. The molecule has 10 atom stereocenters. The lowest BCUT2D eigenvalue weighted by Crippen LogP contribution is -2.63. The Bertz CT molecular complexity index is 352. The zero-order valence-corrected chi connectivity index (χ0v) is 11.9. The van der Waals surface area contributed by atoms with Gasteiger partial charge in [-0.3, -0.25) is 0 Å². The van der Waals surface area contributed by atoms with Crippen LogP contribution >= 0.6 is 0 Å². The molecule has 9 nitrogen and oxygen atoms in total. The SMILES string of the molecule is O[C@@H]1[C@@H](O)[C@@H](O[C@H]2O[C@H](CF)[C@@H](O)[C@@H](O)[C@@H]2O)O[C@H](CF)[C@H]1O. The lowest BCUT2D eigenvalue weighted by Gasteiger charge is -2.44. The van der Waals surface area contributed by atoms with Crippen LogP contribution in [0.5, 0.6) is 0 Å². The number of alkyl halides is 2. The molecule has 2 fully saturated rings. The van der Waals surface area contributed by atoms with Crippen LogP contribution in [0.25, 0.3) is 0 Å². The van der Waals surface area contributed by atoms with Gasteiger partial charge in [0.25, 0.3) is 0 Å². The zero-order chi connectivity index (χ0) is 17.3. The van der Waals surface area contributed by atoms with Crippen LogP contribution in [-0.4, -0.2) is 105 Å². The lowest BCUT2D eigenvalue weighted by atomic mass is 9.98. The van der Waals surface area contributed by atoms with Crippen molar-refractivity contribution >= 4 is 0 Å². The number of ether oxygens (including phenoxy) is 3. The second-order valence-electron chi connectivity index (χ2n) is 5.47. The fourth-order valence-electron chi connectivity index (χ4n) is 2.45. The number of rotatable bonds is 4. The number of aliphatic hydroxyl groups is 6. The Morgan fingerprint density at radius 1 is 0.609 bits per heavy atom. The van der Waals surface area contributed by atoms with Crippen LogP contribution in [0, 0.1) is 0 Å². The highest BCUT2D eigenvalue weighted by Crippen LogP contribution is 2.28. The van der Waals surface area contributed by atoms with Crippen LogP contribution in [0.4, 0.5) is 8.78 Å². The summed E-state index contributed by atoms with van der Waals surface area (Å²) in [5.74, 6) is 0. The molecule has 0 spiro atoms. The average molecular weight is 346 g/mol. The van der Waals surface area contributed by atoms with E-state index in [1.54, 1.807) is 0 Å². The second kappa shape index (κ2) is 7.59. The fourth-order valence-corrected chi connectivity index (χ4v) is 2.45. The third-order valence-electron chi connectivity index (χ3n) is 3.91. The van der Waals surface area contributed by atoms with Crippen LogP contribution in [0.15, 0.2) is 0 Å². The van der Waals surface area contributed by atoms with Crippen molar-refractivity contribution in [2.45, 2.75) is 61.4 Å². The first-order valence-electron chi connectivity index (χ1n) is 6.98. The Kier molecular flexibility index (Phi) is 6.22. The van der Waals surface area contributed by atoms with Crippen LogP contribution < -0.4 is 0 Å². The standard InChI is InChI=1S/C12H20F2O9/c13-1-3-5(15)7(17)9(19)11(21-3)23-12-10(20)8(18)6(16)4(2-14)22-12/h3-12,15-20H,1-2H2/t3-,4-,5-,6-,7-,8+,9+,10-,11-,12-/m1/s1. The molecule has 0 unspecified atom stereocenters. The summed E-state index contributed by atoms with van der Waals surface area (Å²) < 4.78 is 40.4. The minimum absolute atomic E-state index is 1.19. The Morgan fingerprint density at radius 2 is 0.957 bits per heavy atom. The first-order chi connectivity index (χ1) is 10.8. The van der Waals surface area contributed by atoms with Crippen molar-refractivity contribution in [3.05, 3.63) is 0 Å². The number of hydrogen-bond acceptors (Lipinski definition) is 9. The molecule has 0 saturated carbocycles. The molecule has 2 heterocycles. The van der Waals surface area contributed by atoms with Gasteiger partial charge in [0.1, 0.15) is 62.2 Å². The van der Waals surface area contributed by atoms with Gasteiger partial charge in [-0.1, -0.05) is 0 Å². The highest BCUT2D eigenvalue weighted by Gasteiger charge is 2.49. The van der Waals surface area contributed by atoms with E-state index in [4.69, 9.17) is 14.2 Å². The third-order valence-corrected chi connectivity index (χ3v) is 3.91. The molecule has 0 bridgehead atoms. The van der Waals surface area contributed by atoms with Gasteiger partial charge in [-0.15, -0.1) is 0 Å². The fraction of sp³-hybridized carbons (Fsp3) is 1.00.